The number of nitrogens with zero attached hydrogens (tertiary/aromatic N) is 2. The van der Waals surface area contributed by atoms with Gasteiger partial charge in [-0.2, -0.15) is 0 Å². The second-order valence-corrected chi connectivity index (χ2v) is 3.64. The first kappa shape index (κ1) is 12.9. The molecule has 8 heteroatoms. The molecule has 1 aromatic rings. The van der Waals surface area contributed by atoms with E-state index >= 15 is 0 Å². The number of ether oxygens (including phenoxy) is 1. The number of H-pyrrole nitrogens is 2. The normalized spacial score (nSPS) is 11.9. The molecule has 94 valence electrons. The Labute approximate surface area is 96.6 Å². The molecule has 2 N–H and O–H groups in total. The van der Waals surface area contributed by atoms with Crippen molar-refractivity contribution < 1.29 is 9.53 Å². The Morgan fingerprint density at radius 3 is 2.71 bits per heavy atom. The molecular weight excluding hydrogens is 228 g/mol. The third-order valence-electron chi connectivity index (χ3n) is 2.21. The number of rotatable bonds is 4. The van der Waals surface area contributed by atoms with Gasteiger partial charge in [-0.3, -0.25) is 14.6 Å². The van der Waals surface area contributed by atoms with Gasteiger partial charge in [0.25, 0.3) is 5.56 Å². The number of nitrogens with one attached hydrogen (secondary N) is 2. The first-order valence-electron chi connectivity index (χ1n) is 4.93. The van der Waals surface area contributed by atoms with Gasteiger partial charge in [0, 0.05) is 13.6 Å². The minimum absolute atomic E-state index is 0.0420. The largest absolute Gasteiger partial charge is 0.469 e. The van der Waals surface area contributed by atoms with Crippen molar-refractivity contribution in [2.24, 2.45) is 5.92 Å². The molecular formula is C9H14N4O4. The van der Waals surface area contributed by atoms with Gasteiger partial charge in [0.15, 0.2) is 0 Å². The average molecular weight is 242 g/mol. The molecule has 0 aliphatic heterocycles. The zero-order valence-electron chi connectivity index (χ0n) is 9.81. The van der Waals surface area contributed by atoms with Crippen molar-refractivity contribution in [1.82, 2.24) is 15.2 Å². The molecule has 1 atom stereocenters. The zero-order valence-corrected chi connectivity index (χ0v) is 9.81. The summed E-state index contributed by atoms with van der Waals surface area (Å²) in [5.41, 5.74) is -1.28. The van der Waals surface area contributed by atoms with Crippen molar-refractivity contribution in [2.75, 3.05) is 25.6 Å². The molecule has 0 aliphatic rings. The van der Waals surface area contributed by atoms with E-state index in [1.165, 1.54) is 12.0 Å². The number of aromatic nitrogens is 3. The van der Waals surface area contributed by atoms with Crippen LogP contribution in [0.5, 0.6) is 0 Å². The molecule has 1 unspecified atom stereocenters. The van der Waals surface area contributed by atoms with Crippen molar-refractivity contribution in [1.29, 1.82) is 0 Å². The maximum absolute atomic E-state index is 11.4. The van der Waals surface area contributed by atoms with Crippen LogP contribution in [0.4, 0.5) is 5.82 Å². The molecule has 1 aromatic heterocycles. The summed E-state index contributed by atoms with van der Waals surface area (Å²) in [6.45, 7) is 1.93. The van der Waals surface area contributed by atoms with Crippen molar-refractivity contribution in [2.45, 2.75) is 6.92 Å². The highest BCUT2D eigenvalue weighted by Gasteiger charge is 2.18. The Morgan fingerprint density at radius 2 is 2.18 bits per heavy atom. The number of hydrogen-bond acceptors (Lipinski definition) is 6. The van der Waals surface area contributed by atoms with Gasteiger partial charge in [0.2, 0.25) is 5.82 Å². The summed E-state index contributed by atoms with van der Waals surface area (Å²) in [5.74, 6) is -0.740. The van der Waals surface area contributed by atoms with Gasteiger partial charge in [-0.05, 0) is 0 Å². The Balaban J connectivity index is 2.83. The summed E-state index contributed by atoms with van der Waals surface area (Å²) >= 11 is 0. The van der Waals surface area contributed by atoms with Crippen LogP contribution in [-0.4, -0.2) is 41.9 Å². The average Bonchev–Trinajstić information content (AvgIpc) is 2.27. The van der Waals surface area contributed by atoms with Gasteiger partial charge in [0.05, 0.1) is 13.0 Å². The second kappa shape index (κ2) is 5.28. The molecule has 0 aromatic carbocycles. The Kier molecular flexibility index (Phi) is 4.02. The van der Waals surface area contributed by atoms with Crippen LogP contribution in [0, 0.1) is 5.92 Å². The molecule has 0 radical (unpaired) electrons. The summed E-state index contributed by atoms with van der Waals surface area (Å²) in [4.78, 5) is 36.9. The van der Waals surface area contributed by atoms with E-state index in [1.54, 1.807) is 14.0 Å². The number of carbonyl (C=O) groups excluding carboxylic acids is 1. The van der Waals surface area contributed by atoms with Gasteiger partial charge in [-0.25, -0.2) is 9.89 Å². The summed E-state index contributed by atoms with van der Waals surface area (Å²) in [6.07, 6.45) is 0. The van der Waals surface area contributed by atoms with Crippen LogP contribution in [0.2, 0.25) is 0 Å². The van der Waals surface area contributed by atoms with Crippen LogP contribution in [-0.2, 0) is 9.53 Å². The monoisotopic (exact) mass is 242 g/mol. The van der Waals surface area contributed by atoms with Crippen LogP contribution in [0.25, 0.3) is 0 Å². The van der Waals surface area contributed by atoms with E-state index in [2.05, 4.69) is 14.9 Å². The summed E-state index contributed by atoms with van der Waals surface area (Å²) in [6, 6.07) is 0. The molecule has 0 bridgehead atoms. The van der Waals surface area contributed by atoms with Crippen molar-refractivity contribution in [3.63, 3.8) is 0 Å². The van der Waals surface area contributed by atoms with Gasteiger partial charge < -0.3 is 9.64 Å². The summed E-state index contributed by atoms with van der Waals surface area (Å²) in [7, 11) is 2.89. The molecule has 0 aliphatic carbocycles. The lowest BCUT2D eigenvalue weighted by Gasteiger charge is -2.19. The fourth-order valence-corrected chi connectivity index (χ4v) is 1.37. The third-order valence-corrected chi connectivity index (χ3v) is 2.21. The first-order chi connectivity index (χ1) is 7.95. The van der Waals surface area contributed by atoms with E-state index in [-0.39, 0.29) is 18.3 Å². The lowest BCUT2D eigenvalue weighted by molar-refractivity contribution is -0.144. The minimum Gasteiger partial charge on any atom is -0.469 e. The lowest BCUT2D eigenvalue weighted by Crippen LogP contribution is -2.36. The zero-order chi connectivity index (χ0) is 13.0. The molecule has 0 saturated heterocycles. The molecule has 1 rings (SSSR count). The third kappa shape index (κ3) is 3.16. The quantitative estimate of drug-likeness (QED) is 0.635. The van der Waals surface area contributed by atoms with E-state index in [1.807, 2.05) is 4.98 Å². The Hall–Kier alpha value is -2.12. The van der Waals surface area contributed by atoms with E-state index in [0.29, 0.717) is 0 Å². The molecule has 0 spiro atoms. The summed E-state index contributed by atoms with van der Waals surface area (Å²) in [5, 5.41) is 5.73. The second-order valence-electron chi connectivity index (χ2n) is 3.64. The number of aromatic amines is 2. The number of methoxy groups -OCH3 is 1. The number of anilines is 1. The van der Waals surface area contributed by atoms with Crippen molar-refractivity contribution in [3.05, 3.63) is 20.8 Å². The number of esters is 1. The Bertz CT molecular complexity index is 506. The van der Waals surface area contributed by atoms with Crippen molar-refractivity contribution >= 4 is 11.8 Å². The highest BCUT2D eigenvalue weighted by atomic mass is 16.5. The molecule has 0 saturated carbocycles. The van der Waals surface area contributed by atoms with Crippen LogP contribution in [0.15, 0.2) is 9.59 Å². The molecule has 8 nitrogen and oxygen atoms in total. The first-order valence-corrected chi connectivity index (χ1v) is 4.93. The smallest absolute Gasteiger partial charge is 0.342 e. The van der Waals surface area contributed by atoms with Gasteiger partial charge in [-0.1, -0.05) is 6.92 Å². The maximum atomic E-state index is 11.4. The highest BCUT2D eigenvalue weighted by Crippen LogP contribution is 2.04. The van der Waals surface area contributed by atoms with E-state index < -0.39 is 17.2 Å². The fraction of sp³-hybridized carbons (Fsp3) is 0.556. The number of hydrogen-bond donors (Lipinski definition) is 2. The number of carbonyl (C=O) groups is 1. The maximum Gasteiger partial charge on any atom is 0.342 e. The molecule has 1 heterocycles. The van der Waals surface area contributed by atoms with E-state index in [9.17, 15) is 14.4 Å². The Morgan fingerprint density at radius 1 is 1.53 bits per heavy atom. The van der Waals surface area contributed by atoms with Gasteiger partial charge in [0.1, 0.15) is 0 Å². The van der Waals surface area contributed by atoms with Gasteiger partial charge >= 0.3 is 11.7 Å². The van der Waals surface area contributed by atoms with Crippen LogP contribution in [0.3, 0.4) is 0 Å². The van der Waals surface area contributed by atoms with E-state index in [0.717, 1.165) is 0 Å². The SMILES string of the molecule is COC(=O)C(C)CN(C)c1n[nH]c(=O)[nH]c1=O. The molecule has 0 fully saturated rings. The molecule has 0 amide bonds. The fourth-order valence-electron chi connectivity index (χ4n) is 1.37. The highest BCUT2D eigenvalue weighted by molar-refractivity contribution is 5.72. The predicted octanol–water partition coefficient (Wildman–Crippen LogP) is -1.30. The standard InChI is InChI=1S/C9H14N4O4/c1-5(8(15)17-3)4-13(2)6-7(14)10-9(16)12-11-6/h5H,4H2,1-3H3,(H2,10,12,14,16). The van der Waals surface area contributed by atoms with Crippen LogP contribution < -0.4 is 16.1 Å². The van der Waals surface area contributed by atoms with Gasteiger partial charge in [-0.15, -0.1) is 5.10 Å². The predicted molar refractivity (Wildman–Crippen MR) is 59.9 cm³/mol. The van der Waals surface area contributed by atoms with Crippen molar-refractivity contribution in [3.8, 4) is 0 Å². The molecule has 17 heavy (non-hydrogen) atoms. The van der Waals surface area contributed by atoms with Crippen LogP contribution in [0.1, 0.15) is 6.92 Å². The minimum atomic E-state index is -0.673. The topological polar surface area (TPSA) is 108 Å². The summed E-state index contributed by atoms with van der Waals surface area (Å²) < 4.78 is 4.57. The lowest BCUT2D eigenvalue weighted by atomic mass is 10.2. The van der Waals surface area contributed by atoms with Crippen LogP contribution >= 0.6 is 0 Å². The van der Waals surface area contributed by atoms with E-state index in [4.69, 9.17) is 0 Å².